The zero-order chi connectivity index (χ0) is 16.7. The molecule has 2 atom stereocenters. The maximum absolute atomic E-state index is 12.3. The van der Waals surface area contributed by atoms with Crippen molar-refractivity contribution >= 4 is 17.9 Å². The minimum Gasteiger partial charge on any atom is -0.481 e. The second-order valence-electron chi connectivity index (χ2n) is 5.71. The number of nitrogens with one attached hydrogen (secondary N) is 1. The van der Waals surface area contributed by atoms with Crippen LogP contribution in [-0.2, 0) is 25.5 Å². The van der Waals surface area contributed by atoms with E-state index >= 15 is 0 Å². The fourth-order valence-corrected chi connectivity index (χ4v) is 2.64. The Bertz CT molecular complexity index is 551. The Morgan fingerprint density at radius 3 is 2.61 bits per heavy atom. The molecule has 6 nitrogen and oxygen atoms in total. The standard InChI is InChI=1S/C17H21NO5/c19-15(20)9-8-13(11-12-5-2-1-3-6-12)16(21)23-17(22)14-7-4-10-18-14/h1-3,5-6,13-14,18H,4,7-11H2,(H,19,20)/t13?,14-/m0/s1. The van der Waals surface area contributed by atoms with Crippen LogP contribution in [0, 0.1) is 5.92 Å². The van der Waals surface area contributed by atoms with E-state index in [4.69, 9.17) is 9.84 Å². The number of carbonyl (C=O) groups is 3. The number of carbonyl (C=O) groups excluding carboxylic acids is 2. The molecule has 6 heteroatoms. The molecule has 1 heterocycles. The van der Waals surface area contributed by atoms with Crippen molar-refractivity contribution in [3.05, 3.63) is 35.9 Å². The van der Waals surface area contributed by atoms with E-state index in [1.165, 1.54) is 0 Å². The summed E-state index contributed by atoms with van der Waals surface area (Å²) in [5, 5.41) is 11.8. The molecule has 1 saturated heterocycles. The number of rotatable bonds is 7. The molecule has 1 aliphatic heterocycles. The van der Waals surface area contributed by atoms with Crippen LogP contribution in [0.3, 0.4) is 0 Å². The summed E-state index contributed by atoms with van der Waals surface area (Å²) in [6, 6.07) is 8.85. The van der Waals surface area contributed by atoms with Crippen molar-refractivity contribution in [1.29, 1.82) is 0 Å². The van der Waals surface area contributed by atoms with Crippen molar-refractivity contribution in [3.63, 3.8) is 0 Å². The molecule has 0 spiro atoms. The maximum atomic E-state index is 12.3. The van der Waals surface area contributed by atoms with Crippen molar-refractivity contribution in [2.24, 2.45) is 5.92 Å². The quantitative estimate of drug-likeness (QED) is 0.585. The van der Waals surface area contributed by atoms with Gasteiger partial charge in [-0.25, -0.2) is 4.79 Å². The molecular weight excluding hydrogens is 298 g/mol. The largest absolute Gasteiger partial charge is 0.481 e. The molecule has 1 aromatic rings. The van der Waals surface area contributed by atoms with E-state index in [-0.39, 0.29) is 12.8 Å². The fourth-order valence-electron chi connectivity index (χ4n) is 2.64. The van der Waals surface area contributed by atoms with Gasteiger partial charge in [0.2, 0.25) is 0 Å². The molecule has 1 unspecified atom stereocenters. The predicted octanol–water partition coefficient (Wildman–Crippen LogP) is 1.53. The van der Waals surface area contributed by atoms with E-state index in [0.717, 1.165) is 18.5 Å². The molecule has 1 fully saturated rings. The van der Waals surface area contributed by atoms with Gasteiger partial charge >= 0.3 is 17.9 Å². The van der Waals surface area contributed by atoms with Crippen LogP contribution < -0.4 is 5.32 Å². The minimum absolute atomic E-state index is 0.136. The molecule has 1 aliphatic rings. The molecule has 0 bridgehead atoms. The van der Waals surface area contributed by atoms with Gasteiger partial charge in [-0.05, 0) is 37.8 Å². The molecule has 23 heavy (non-hydrogen) atoms. The second-order valence-corrected chi connectivity index (χ2v) is 5.71. The SMILES string of the molecule is O=C(O)CCC(Cc1ccccc1)C(=O)OC(=O)[C@@H]1CCCN1. The van der Waals surface area contributed by atoms with E-state index in [0.29, 0.717) is 12.8 Å². The summed E-state index contributed by atoms with van der Waals surface area (Å²) in [6.07, 6.45) is 1.90. The number of benzene rings is 1. The van der Waals surface area contributed by atoms with Crippen LogP contribution in [0.4, 0.5) is 0 Å². The summed E-state index contributed by atoms with van der Waals surface area (Å²) in [5.74, 6) is -2.83. The van der Waals surface area contributed by atoms with Gasteiger partial charge in [-0.2, -0.15) is 0 Å². The van der Waals surface area contributed by atoms with Gasteiger partial charge in [-0.1, -0.05) is 30.3 Å². The van der Waals surface area contributed by atoms with Gasteiger partial charge in [-0.3, -0.25) is 9.59 Å². The topological polar surface area (TPSA) is 92.7 Å². The highest BCUT2D eigenvalue weighted by molar-refractivity contribution is 5.89. The van der Waals surface area contributed by atoms with Crippen molar-refractivity contribution < 1.29 is 24.2 Å². The van der Waals surface area contributed by atoms with Gasteiger partial charge in [0, 0.05) is 6.42 Å². The smallest absolute Gasteiger partial charge is 0.330 e. The van der Waals surface area contributed by atoms with Crippen LogP contribution in [-0.4, -0.2) is 35.6 Å². The highest BCUT2D eigenvalue weighted by Gasteiger charge is 2.29. The van der Waals surface area contributed by atoms with E-state index in [1.54, 1.807) is 0 Å². The van der Waals surface area contributed by atoms with E-state index in [1.807, 2.05) is 30.3 Å². The van der Waals surface area contributed by atoms with Gasteiger partial charge < -0.3 is 15.2 Å². The first-order valence-electron chi connectivity index (χ1n) is 7.81. The summed E-state index contributed by atoms with van der Waals surface area (Å²) in [5.41, 5.74) is 0.909. The monoisotopic (exact) mass is 319 g/mol. The summed E-state index contributed by atoms with van der Waals surface area (Å²) in [7, 11) is 0. The maximum Gasteiger partial charge on any atom is 0.330 e. The first-order chi connectivity index (χ1) is 11.1. The fraction of sp³-hybridized carbons (Fsp3) is 0.471. The molecule has 0 saturated carbocycles. The number of aliphatic carboxylic acids is 1. The first-order valence-corrected chi connectivity index (χ1v) is 7.81. The molecule has 0 amide bonds. The van der Waals surface area contributed by atoms with Crippen LogP contribution in [0.1, 0.15) is 31.2 Å². The number of carboxylic acid groups (broad SMARTS) is 1. The van der Waals surface area contributed by atoms with Gasteiger partial charge in [-0.15, -0.1) is 0 Å². The highest BCUT2D eigenvalue weighted by Crippen LogP contribution is 2.17. The lowest BCUT2D eigenvalue weighted by atomic mass is 9.95. The lowest BCUT2D eigenvalue weighted by Gasteiger charge is -2.16. The summed E-state index contributed by atoms with van der Waals surface area (Å²) >= 11 is 0. The van der Waals surface area contributed by atoms with Crippen LogP contribution in [0.5, 0.6) is 0 Å². The number of carboxylic acids is 1. The molecule has 1 aromatic carbocycles. The third-order valence-corrected chi connectivity index (χ3v) is 3.91. The van der Waals surface area contributed by atoms with E-state index in [2.05, 4.69) is 5.32 Å². The van der Waals surface area contributed by atoms with Crippen LogP contribution >= 0.6 is 0 Å². The van der Waals surface area contributed by atoms with Crippen molar-refractivity contribution in [3.8, 4) is 0 Å². The Kier molecular flexibility index (Phi) is 6.29. The average Bonchev–Trinajstić information content (AvgIpc) is 3.06. The molecule has 0 aliphatic carbocycles. The summed E-state index contributed by atoms with van der Waals surface area (Å²) < 4.78 is 4.97. The van der Waals surface area contributed by atoms with Crippen LogP contribution in [0.25, 0.3) is 0 Å². The van der Waals surface area contributed by atoms with Crippen LogP contribution in [0.2, 0.25) is 0 Å². The molecule has 0 radical (unpaired) electrons. The van der Waals surface area contributed by atoms with Gasteiger partial charge in [0.1, 0.15) is 6.04 Å². The third-order valence-electron chi connectivity index (χ3n) is 3.91. The number of ether oxygens (including phenoxy) is 1. The van der Waals surface area contributed by atoms with Crippen molar-refractivity contribution in [2.45, 2.75) is 38.1 Å². The van der Waals surface area contributed by atoms with Gasteiger partial charge in [0.25, 0.3) is 0 Å². The number of hydrogen-bond acceptors (Lipinski definition) is 5. The molecular formula is C17H21NO5. The third kappa shape index (κ3) is 5.49. The number of esters is 2. The van der Waals surface area contributed by atoms with Crippen LogP contribution in [0.15, 0.2) is 30.3 Å². The van der Waals surface area contributed by atoms with Crippen molar-refractivity contribution in [1.82, 2.24) is 5.32 Å². The summed E-state index contributed by atoms with van der Waals surface area (Å²) in [4.78, 5) is 35.0. The molecule has 0 aromatic heterocycles. The zero-order valence-electron chi connectivity index (χ0n) is 12.9. The predicted molar refractivity (Wildman–Crippen MR) is 82.6 cm³/mol. The highest BCUT2D eigenvalue weighted by atomic mass is 16.6. The lowest BCUT2D eigenvalue weighted by Crippen LogP contribution is -2.35. The Hall–Kier alpha value is -2.21. The Labute approximate surface area is 134 Å². The van der Waals surface area contributed by atoms with Gasteiger partial charge in [0.15, 0.2) is 0 Å². The van der Waals surface area contributed by atoms with E-state index in [9.17, 15) is 14.4 Å². The Morgan fingerprint density at radius 1 is 1.26 bits per heavy atom. The normalized spacial score (nSPS) is 18.3. The first kappa shape index (κ1) is 17.1. The average molecular weight is 319 g/mol. The Morgan fingerprint density at radius 2 is 2.00 bits per heavy atom. The zero-order valence-corrected chi connectivity index (χ0v) is 12.9. The number of hydrogen-bond donors (Lipinski definition) is 2. The second kappa shape index (κ2) is 8.43. The van der Waals surface area contributed by atoms with E-state index < -0.39 is 29.9 Å². The summed E-state index contributed by atoms with van der Waals surface area (Å²) in [6.45, 7) is 0.737. The van der Waals surface area contributed by atoms with Gasteiger partial charge in [0.05, 0.1) is 5.92 Å². The molecule has 2 N–H and O–H groups in total. The van der Waals surface area contributed by atoms with Crippen molar-refractivity contribution in [2.75, 3.05) is 6.54 Å². The Balaban J connectivity index is 1.97. The minimum atomic E-state index is -0.973. The molecule has 2 rings (SSSR count). The molecule has 124 valence electrons. The lowest BCUT2D eigenvalue weighted by molar-refractivity contribution is -0.164.